The van der Waals surface area contributed by atoms with Gasteiger partial charge in [0.25, 0.3) is 0 Å². The fraction of sp³-hybridized carbons (Fsp3) is 0.250. The van der Waals surface area contributed by atoms with E-state index in [4.69, 9.17) is 0 Å². The lowest BCUT2D eigenvalue weighted by Gasteiger charge is -2.15. The Bertz CT molecular complexity index is 505. The molecule has 0 bridgehead atoms. The van der Waals surface area contributed by atoms with Crippen LogP contribution in [0.5, 0.6) is 0 Å². The number of benzene rings is 2. The number of rotatable bonds is 5. The fourth-order valence-electron chi connectivity index (χ4n) is 2.16. The van der Waals surface area contributed by atoms with E-state index in [1.807, 2.05) is 30.3 Å². The molecule has 3 heteroatoms. The smallest absolute Gasteiger partial charge is 0.129 e. The Labute approximate surface area is 111 Å². The zero-order chi connectivity index (χ0) is 13.7. The summed E-state index contributed by atoms with van der Waals surface area (Å²) in [6.45, 7) is -0.0946. The molecule has 0 heterocycles. The maximum atomic E-state index is 13.6. The maximum Gasteiger partial charge on any atom is 0.129 e. The second-order valence-electron chi connectivity index (χ2n) is 4.64. The van der Waals surface area contributed by atoms with Crippen molar-refractivity contribution in [2.24, 2.45) is 5.92 Å². The molecular formula is C16H16F2O. The molecule has 0 amide bonds. The lowest BCUT2D eigenvalue weighted by molar-refractivity contribution is 0.223. The first-order valence-corrected chi connectivity index (χ1v) is 6.28. The molecule has 0 aliphatic rings. The first-order valence-electron chi connectivity index (χ1n) is 6.28. The van der Waals surface area contributed by atoms with Gasteiger partial charge in [-0.3, -0.25) is 0 Å². The maximum absolute atomic E-state index is 13.6. The molecule has 1 nitrogen and oxygen atoms in total. The van der Waals surface area contributed by atoms with Crippen LogP contribution >= 0.6 is 0 Å². The molecule has 0 spiro atoms. The third-order valence-corrected chi connectivity index (χ3v) is 3.18. The number of hydrogen-bond acceptors (Lipinski definition) is 1. The van der Waals surface area contributed by atoms with Gasteiger partial charge in [0.15, 0.2) is 0 Å². The van der Waals surface area contributed by atoms with Gasteiger partial charge in [-0.25, -0.2) is 8.78 Å². The molecule has 19 heavy (non-hydrogen) atoms. The van der Waals surface area contributed by atoms with Gasteiger partial charge < -0.3 is 5.11 Å². The molecule has 0 fully saturated rings. The Hall–Kier alpha value is -1.74. The van der Waals surface area contributed by atoms with E-state index in [9.17, 15) is 13.9 Å². The first kappa shape index (κ1) is 13.7. The lowest BCUT2D eigenvalue weighted by Crippen LogP contribution is -2.15. The van der Waals surface area contributed by atoms with Crippen molar-refractivity contribution < 1.29 is 13.9 Å². The summed E-state index contributed by atoms with van der Waals surface area (Å²) in [5.41, 5.74) is 1.11. The molecule has 0 aromatic heterocycles. The minimum Gasteiger partial charge on any atom is -0.396 e. The van der Waals surface area contributed by atoms with Gasteiger partial charge in [0.2, 0.25) is 0 Å². The highest BCUT2D eigenvalue weighted by atomic mass is 19.1. The zero-order valence-corrected chi connectivity index (χ0v) is 10.5. The van der Waals surface area contributed by atoms with E-state index in [0.29, 0.717) is 6.42 Å². The van der Waals surface area contributed by atoms with Crippen LogP contribution < -0.4 is 0 Å². The summed E-state index contributed by atoms with van der Waals surface area (Å²) in [5.74, 6) is -1.29. The van der Waals surface area contributed by atoms with Crippen molar-refractivity contribution in [1.82, 2.24) is 0 Å². The summed E-state index contributed by atoms with van der Waals surface area (Å²) in [5, 5.41) is 9.39. The Morgan fingerprint density at radius 3 is 2.05 bits per heavy atom. The van der Waals surface area contributed by atoms with Crippen LogP contribution in [0, 0.1) is 17.6 Å². The summed E-state index contributed by atoms with van der Waals surface area (Å²) in [6, 6.07) is 13.5. The Balaban J connectivity index is 2.11. The third-order valence-electron chi connectivity index (χ3n) is 3.18. The van der Waals surface area contributed by atoms with Crippen LogP contribution in [0.2, 0.25) is 0 Å². The number of aliphatic hydroxyl groups excluding tert-OH is 1. The van der Waals surface area contributed by atoms with Gasteiger partial charge in [0.1, 0.15) is 11.6 Å². The summed E-state index contributed by atoms with van der Waals surface area (Å²) < 4.78 is 27.1. The third kappa shape index (κ3) is 3.61. The lowest BCUT2D eigenvalue weighted by atomic mass is 9.93. The molecule has 100 valence electrons. The van der Waals surface area contributed by atoms with E-state index in [0.717, 1.165) is 5.56 Å². The van der Waals surface area contributed by atoms with Crippen molar-refractivity contribution in [3.05, 3.63) is 71.3 Å². The Morgan fingerprint density at radius 1 is 0.842 bits per heavy atom. The molecular weight excluding hydrogens is 246 g/mol. The van der Waals surface area contributed by atoms with E-state index in [1.165, 1.54) is 18.2 Å². The molecule has 1 unspecified atom stereocenters. The van der Waals surface area contributed by atoms with E-state index in [1.54, 1.807) is 0 Å². The molecule has 0 aliphatic heterocycles. The van der Waals surface area contributed by atoms with Crippen LogP contribution in [0.25, 0.3) is 0 Å². The topological polar surface area (TPSA) is 20.2 Å². The summed E-state index contributed by atoms with van der Waals surface area (Å²) >= 11 is 0. The summed E-state index contributed by atoms with van der Waals surface area (Å²) in [6.07, 6.45) is 0.801. The monoisotopic (exact) mass is 262 g/mol. The first-order chi connectivity index (χ1) is 9.20. The second kappa shape index (κ2) is 6.43. The van der Waals surface area contributed by atoms with Crippen molar-refractivity contribution in [2.45, 2.75) is 12.8 Å². The highest BCUT2D eigenvalue weighted by Crippen LogP contribution is 2.19. The molecule has 1 atom stereocenters. The van der Waals surface area contributed by atoms with E-state index >= 15 is 0 Å². The van der Waals surface area contributed by atoms with Crippen molar-refractivity contribution in [3.8, 4) is 0 Å². The molecule has 0 saturated carbocycles. The van der Waals surface area contributed by atoms with Crippen molar-refractivity contribution in [3.63, 3.8) is 0 Å². The van der Waals surface area contributed by atoms with Crippen LogP contribution in [-0.4, -0.2) is 11.7 Å². The SMILES string of the molecule is OCC(Cc1ccccc1)Cc1c(F)cccc1F. The van der Waals surface area contributed by atoms with Gasteiger partial charge in [-0.2, -0.15) is 0 Å². The van der Waals surface area contributed by atoms with Crippen LogP contribution in [0.4, 0.5) is 8.78 Å². The highest BCUT2D eigenvalue weighted by molar-refractivity contribution is 5.21. The quantitative estimate of drug-likeness (QED) is 0.876. The van der Waals surface area contributed by atoms with Crippen molar-refractivity contribution in [2.75, 3.05) is 6.61 Å². The van der Waals surface area contributed by atoms with Crippen LogP contribution in [0.3, 0.4) is 0 Å². The van der Waals surface area contributed by atoms with E-state index in [2.05, 4.69) is 0 Å². The molecule has 2 rings (SSSR count). The van der Waals surface area contributed by atoms with E-state index < -0.39 is 11.6 Å². The van der Waals surface area contributed by atoms with Gasteiger partial charge >= 0.3 is 0 Å². The van der Waals surface area contributed by atoms with Gasteiger partial charge in [0.05, 0.1) is 0 Å². The Kier molecular flexibility index (Phi) is 4.63. The highest BCUT2D eigenvalue weighted by Gasteiger charge is 2.15. The largest absolute Gasteiger partial charge is 0.396 e. The predicted octanol–water partition coefficient (Wildman–Crippen LogP) is 3.36. The molecule has 0 aliphatic carbocycles. The van der Waals surface area contributed by atoms with Crippen molar-refractivity contribution in [1.29, 1.82) is 0 Å². The van der Waals surface area contributed by atoms with Crippen LogP contribution in [0.15, 0.2) is 48.5 Å². The van der Waals surface area contributed by atoms with Gasteiger partial charge in [-0.05, 0) is 36.5 Å². The Morgan fingerprint density at radius 2 is 1.47 bits per heavy atom. The van der Waals surface area contributed by atoms with Gasteiger partial charge in [-0.15, -0.1) is 0 Å². The number of hydrogen-bond donors (Lipinski definition) is 1. The predicted molar refractivity (Wildman–Crippen MR) is 70.8 cm³/mol. The number of aliphatic hydroxyl groups is 1. The average Bonchev–Trinajstić information content (AvgIpc) is 2.43. The van der Waals surface area contributed by atoms with E-state index in [-0.39, 0.29) is 24.5 Å². The standard InChI is InChI=1S/C16H16F2O/c17-15-7-4-8-16(18)14(15)10-13(11-19)9-12-5-2-1-3-6-12/h1-8,13,19H,9-11H2. The zero-order valence-electron chi connectivity index (χ0n) is 10.5. The van der Waals surface area contributed by atoms with Crippen LogP contribution in [0.1, 0.15) is 11.1 Å². The van der Waals surface area contributed by atoms with Crippen LogP contribution in [-0.2, 0) is 12.8 Å². The fourth-order valence-corrected chi connectivity index (χ4v) is 2.16. The molecule has 0 saturated heterocycles. The van der Waals surface area contributed by atoms with Crippen molar-refractivity contribution >= 4 is 0 Å². The second-order valence-corrected chi connectivity index (χ2v) is 4.64. The normalized spacial score (nSPS) is 12.4. The summed E-state index contributed by atoms with van der Waals surface area (Å²) in [7, 11) is 0. The molecule has 2 aromatic carbocycles. The number of halogens is 2. The molecule has 0 radical (unpaired) electrons. The molecule has 1 N–H and O–H groups in total. The minimum absolute atomic E-state index is 0.0532. The van der Waals surface area contributed by atoms with Gasteiger partial charge in [0, 0.05) is 12.2 Å². The van der Waals surface area contributed by atoms with Gasteiger partial charge in [-0.1, -0.05) is 36.4 Å². The average molecular weight is 262 g/mol. The molecule has 2 aromatic rings. The summed E-state index contributed by atoms with van der Waals surface area (Å²) in [4.78, 5) is 0. The minimum atomic E-state index is -0.550.